The number of nitrogens with one attached hydrogen (secondary N) is 2. The molecule has 5 nitrogen and oxygen atoms in total. The molecule has 0 bridgehead atoms. The lowest BCUT2D eigenvalue weighted by Crippen LogP contribution is -2.13. The largest absolute Gasteiger partial charge is 0.326 e. The molecule has 0 radical (unpaired) electrons. The van der Waals surface area contributed by atoms with Gasteiger partial charge in [-0.3, -0.25) is 9.59 Å². The van der Waals surface area contributed by atoms with E-state index < -0.39 is 5.91 Å². The molecule has 0 unspecified atom stereocenters. The van der Waals surface area contributed by atoms with Gasteiger partial charge in [0.15, 0.2) is 0 Å². The van der Waals surface area contributed by atoms with Gasteiger partial charge in [-0.2, -0.15) is 5.26 Å². The van der Waals surface area contributed by atoms with Gasteiger partial charge in [0.25, 0.3) is 5.91 Å². The Morgan fingerprint density at radius 1 is 1.00 bits per heavy atom. The van der Waals surface area contributed by atoms with Crippen molar-refractivity contribution in [1.29, 1.82) is 5.26 Å². The predicted octanol–water partition coefficient (Wildman–Crippen LogP) is 3.75. The monoisotopic (exact) mass is 333 g/mol. The van der Waals surface area contributed by atoms with Crippen molar-refractivity contribution in [3.05, 3.63) is 65.2 Å². The van der Waals surface area contributed by atoms with Crippen LogP contribution < -0.4 is 10.6 Å². The van der Waals surface area contributed by atoms with E-state index in [1.807, 2.05) is 30.3 Å². The highest BCUT2D eigenvalue weighted by Gasteiger charge is 2.09. The Morgan fingerprint density at radius 2 is 1.56 bits per heavy atom. The van der Waals surface area contributed by atoms with Crippen molar-refractivity contribution < 1.29 is 9.59 Å². The lowest BCUT2D eigenvalue weighted by Gasteiger charge is -2.06. The summed E-state index contributed by atoms with van der Waals surface area (Å²) < 4.78 is 0. The average molecular weight is 333 g/mol. The van der Waals surface area contributed by atoms with Gasteiger partial charge in [0, 0.05) is 18.3 Å². The number of amides is 2. The fraction of sp³-hybridized carbons (Fsp3) is 0.150. The second-order valence-electron chi connectivity index (χ2n) is 5.48. The van der Waals surface area contributed by atoms with Crippen LogP contribution in [-0.2, 0) is 16.0 Å². The molecule has 0 aliphatic carbocycles. The minimum atomic E-state index is -0.460. The number of anilines is 2. The van der Waals surface area contributed by atoms with E-state index in [4.69, 9.17) is 0 Å². The molecular weight excluding hydrogens is 314 g/mol. The molecule has 0 saturated carbocycles. The summed E-state index contributed by atoms with van der Waals surface area (Å²) in [5.41, 5.74) is 3.18. The number of nitrogens with zero attached hydrogens (tertiary/aromatic N) is 1. The molecule has 0 aliphatic heterocycles. The Labute approximate surface area is 147 Å². The van der Waals surface area contributed by atoms with Crippen LogP contribution in [0.5, 0.6) is 0 Å². The van der Waals surface area contributed by atoms with Gasteiger partial charge in [-0.05, 0) is 47.9 Å². The van der Waals surface area contributed by atoms with Crippen molar-refractivity contribution in [2.24, 2.45) is 0 Å². The van der Waals surface area contributed by atoms with E-state index in [2.05, 4.69) is 17.6 Å². The van der Waals surface area contributed by atoms with Crippen LogP contribution in [0, 0.1) is 11.3 Å². The number of hydrogen-bond acceptors (Lipinski definition) is 3. The van der Waals surface area contributed by atoms with Gasteiger partial charge >= 0.3 is 0 Å². The third-order valence-corrected chi connectivity index (χ3v) is 3.53. The summed E-state index contributed by atoms with van der Waals surface area (Å²) in [6.45, 7) is 3.49. The number of rotatable bonds is 5. The topological polar surface area (TPSA) is 82.0 Å². The van der Waals surface area contributed by atoms with E-state index in [1.54, 1.807) is 24.3 Å². The SMILES string of the molecule is CCc1ccc(NC(=O)/C(C#N)=C\c2ccc(NC(C)=O)cc2)cc1. The summed E-state index contributed by atoms with van der Waals surface area (Å²) in [6, 6.07) is 16.3. The van der Waals surface area contributed by atoms with E-state index in [1.165, 1.54) is 18.6 Å². The van der Waals surface area contributed by atoms with Crippen molar-refractivity contribution in [2.45, 2.75) is 20.3 Å². The molecule has 0 aliphatic rings. The van der Waals surface area contributed by atoms with Crippen molar-refractivity contribution >= 4 is 29.3 Å². The Balaban J connectivity index is 2.11. The van der Waals surface area contributed by atoms with Gasteiger partial charge in [0.2, 0.25) is 5.91 Å². The first-order valence-electron chi connectivity index (χ1n) is 7.91. The summed E-state index contributed by atoms with van der Waals surface area (Å²) in [4.78, 5) is 23.3. The van der Waals surface area contributed by atoms with Crippen LogP contribution in [0.15, 0.2) is 54.1 Å². The number of carbonyl (C=O) groups excluding carboxylic acids is 2. The molecule has 0 aromatic heterocycles. The number of hydrogen-bond donors (Lipinski definition) is 2. The molecule has 0 heterocycles. The maximum Gasteiger partial charge on any atom is 0.266 e. The zero-order valence-electron chi connectivity index (χ0n) is 14.2. The van der Waals surface area contributed by atoms with Gasteiger partial charge in [0.05, 0.1) is 0 Å². The molecule has 0 fully saturated rings. The molecule has 2 N–H and O–H groups in total. The first kappa shape index (κ1) is 18.0. The van der Waals surface area contributed by atoms with E-state index in [9.17, 15) is 14.9 Å². The van der Waals surface area contributed by atoms with E-state index >= 15 is 0 Å². The van der Waals surface area contributed by atoms with Gasteiger partial charge in [-0.15, -0.1) is 0 Å². The first-order chi connectivity index (χ1) is 12.0. The summed E-state index contributed by atoms with van der Waals surface area (Å²) in [6.07, 6.45) is 2.43. The number of benzene rings is 2. The first-order valence-corrected chi connectivity index (χ1v) is 7.91. The maximum absolute atomic E-state index is 12.3. The van der Waals surface area contributed by atoms with E-state index in [-0.39, 0.29) is 11.5 Å². The lowest BCUT2D eigenvalue weighted by atomic mass is 10.1. The van der Waals surface area contributed by atoms with Crippen molar-refractivity contribution in [1.82, 2.24) is 0 Å². The predicted molar refractivity (Wildman–Crippen MR) is 98.8 cm³/mol. The zero-order valence-corrected chi connectivity index (χ0v) is 14.2. The second kappa shape index (κ2) is 8.46. The van der Waals surface area contributed by atoms with Crippen LogP contribution in [-0.4, -0.2) is 11.8 Å². The third-order valence-electron chi connectivity index (χ3n) is 3.53. The number of carbonyl (C=O) groups is 2. The normalized spacial score (nSPS) is 10.7. The van der Waals surface area contributed by atoms with Crippen molar-refractivity contribution in [3.8, 4) is 6.07 Å². The molecule has 5 heteroatoms. The highest BCUT2D eigenvalue weighted by Crippen LogP contribution is 2.15. The molecule has 25 heavy (non-hydrogen) atoms. The van der Waals surface area contributed by atoms with Gasteiger partial charge in [0.1, 0.15) is 11.6 Å². The smallest absolute Gasteiger partial charge is 0.266 e. The quantitative estimate of drug-likeness (QED) is 0.646. The summed E-state index contributed by atoms with van der Waals surface area (Å²) in [5, 5.41) is 14.6. The molecule has 2 aromatic carbocycles. The van der Waals surface area contributed by atoms with Crippen LogP contribution in [0.2, 0.25) is 0 Å². The molecule has 0 saturated heterocycles. The lowest BCUT2D eigenvalue weighted by molar-refractivity contribution is -0.114. The minimum Gasteiger partial charge on any atom is -0.326 e. The zero-order chi connectivity index (χ0) is 18.2. The number of aryl methyl sites for hydroxylation is 1. The Bertz CT molecular complexity index is 829. The van der Waals surface area contributed by atoms with Crippen LogP contribution in [0.25, 0.3) is 6.08 Å². The second-order valence-corrected chi connectivity index (χ2v) is 5.48. The minimum absolute atomic E-state index is 0.00634. The Morgan fingerprint density at radius 3 is 2.08 bits per heavy atom. The highest BCUT2D eigenvalue weighted by molar-refractivity contribution is 6.09. The Hall–Kier alpha value is -3.39. The summed E-state index contributed by atoms with van der Waals surface area (Å²) >= 11 is 0. The molecule has 2 rings (SSSR count). The highest BCUT2D eigenvalue weighted by atomic mass is 16.2. The summed E-state index contributed by atoms with van der Waals surface area (Å²) in [7, 11) is 0. The van der Waals surface area contributed by atoms with Crippen molar-refractivity contribution in [2.75, 3.05) is 10.6 Å². The standard InChI is InChI=1S/C20H19N3O2/c1-3-15-4-8-19(9-5-15)23-20(25)17(13-21)12-16-6-10-18(11-7-16)22-14(2)24/h4-12H,3H2,1-2H3,(H,22,24)(H,23,25)/b17-12-. The number of nitriles is 1. The molecule has 2 aromatic rings. The van der Waals surface area contributed by atoms with Crippen LogP contribution in [0.4, 0.5) is 11.4 Å². The van der Waals surface area contributed by atoms with E-state index in [0.717, 1.165) is 6.42 Å². The van der Waals surface area contributed by atoms with Gasteiger partial charge in [-0.1, -0.05) is 31.2 Å². The third kappa shape index (κ3) is 5.33. The van der Waals surface area contributed by atoms with Crippen molar-refractivity contribution in [3.63, 3.8) is 0 Å². The molecule has 0 spiro atoms. The van der Waals surface area contributed by atoms with Gasteiger partial charge in [-0.25, -0.2) is 0 Å². The average Bonchev–Trinajstić information content (AvgIpc) is 2.61. The van der Waals surface area contributed by atoms with Crippen LogP contribution in [0.1, 0.15) is 25.0 Å². The van der Waals surface area contributed by atoms with Crippen LogP contribution >= 0.6 is 0 Å². The van der Waals surface area contributed by atoms with E-state index in [0.29, 0.717) is 16.9 Å². The Kier molecular flexibility index (Phi) is 6.08. The molecule has 0 atom stereocenters. The summed E-state index contributed by atoms with van der Waals surface area (Å²) in [5.74, 6) is -0.618. The molecule has 126 valence electrons. The van der Waals surface area contributed by atoms with Gasteiger partial charge < -0.3 is 10.6 Å². The molecular formula is C20H19N3O2. The fourth-order valence-corrected chi connectivity index (χ4v) is 2.20. The maximum atomic E-state index is 12.3. The fourth-order valence-electron chi connectivity index (χ4n) is 2.20. The van der Waals surface area contributed by atoms with Crippen LogP contribution in [0.3, 0.4) is 0 Å². The molecule has 2 amide bonds.